The molecule has 29 heavy (non-hydrogen) atoms. The van der Waals surface area contributed by atoms with Gasteiger partial charge >= 0.3 is 0 Å². The van der Waals surface area contributed by atoms with E-state index < -0.39 is 6.10 Å². The van der Waals surface area contributed by atoms with Crippen LogP contribution in [0.15, 0.2) is 24.3 Å². The van der Waals surface area contributed by atoms with Gasteiger partial charge in [0.2, 0.25) is 5.91 Å². The summed E-state index contributed by atoms with van der Waals surface area (Å²) in [6, 6.07) is 7.41. The fourth-order valence-corrected chi connectivity index (χ4v) is 3.57. The van der Waals surface area contributed by atoms with E-state index in [0.29, 0.717) is 51.7 Å². The zero-order valence-electron chi connectivity index (χ0n) is 17.3. The molecule has 2 heterocycles. The van der Waals surface area contributed by atoms with E-state index in [-0.39, 0.29) is 12.5 Å². The molecule has 2 fully saturated rings. The largest absolute Gasteiger partial charge is 0.494 e. The molecule has 0 aliphatic carbocycles. The van der Waals surface area contributed by atoms with Crippen molar-refractivity contribution in [3.8, 4) is 11.5 Å². The molecule has 0 spiro atoms. The average Bonchev–Trinajstić information content (AvgIpc) is 2.75. The molecule has 162 valence electrons. The molecular weight excluding hydrogens is 374 g/mol. The van der Waals surface area contributed by atoms with Gasteiger partial charge in [-0.2, -0.15) is 0 Å². The van der Waals surface area contributed by atoms with Gasteiger partial charge in [-0.1, -0.05) is 0 Å². The van der Waals surface area contributed by atoms with Crippen LogP contribution < -0.4 is 9.47 Å². The van der Waals surface area contributed by atoms with Crippen LogP contribution in [0.5, 0.6) is 11.5 Å². The van der Waals surface area contributed by atoms with Crippen LogP contribution >= 0.6 is 0 Å². The van der Waals surface area contributed by atoms with Gasteiger partial charge < -0.3 is 24.2 Å². The molecule has 1 atom stereocenters. The molecule has 1 unspecified atom stereocenters. The van der Waals surface area contributed by atoms with E-state index in [0.717, 1.165) is 31.9 Å². The first-order chi connectivity index (χ1) is 14.1. The third-order valence-corrected chi connectivity index (χ3v) is 5.23. The maximum Gasteiger partial charge on any atom is 0.236 e. The third kappa shape index (κ3) is 7.15. The second kappa shape index (κ2) is 11.3. The minimum Gasteiger partial charge on any atom is -0.494 e. The molecule has 3 rings (SSSR count). The Morgan fingerprint density at radius 1 is 1.00 bits per heavy atom. The zero-order chi connectivity index (χ0) is 20.5. The summed E-state index contributed by atoms with van der Waals surface area (Å²) < 4.78 is 16.4. The van der Waals surface area contributed by atoms with Crippen molar-refractivity contribution in [2.75, 3.05) is 78.8 Å². The topological polar surface area (TPSA) is 74.7 Å². The lowest BCUT2D eigenvalue weighted by atomic mass is 10.2. The summed E-state index contributed by atoms with van der Waals surface area (Å²) in [6.45, 7) is 9.85. The number of carbonyl (C=O) groups excluding carboxylic acids is 1. The summed E-state index contributed by atoms with van der Waals surface area (Å²) in [5, 5.41) is 10.3. The first-order valence-corrected chi connectivity index (χ1v) is 10.5. The van der Waals surface area contributed by atoms with Crippen LogP contribution in [-0.4, -0.2) is 111 Å². The third-order valence-electron chi connectivity index (χ3n) is 5.23. The number of benzene rings is 1. The van der Waals surface area contributed by atoms with Crippen LogP contribution in [0.4, 0.5) is 0 Å². The van der Waals surface area contributed by atoms with Crippen molar-refractivity contribution < 1.29 is 24.1 Å². The van der Waals surface area contributed by atoms with Crippen LogP contribution in [0, 0.1) is 0 Å². The van der Waals surface area contributed by atoms with E-state index in [1.165, 1.54) is 0 Å². The smallest absolute Gasteiger partial charge is 0.236 e. The van der Waals surface area contributed by atoms with Crippen molar-refractivity contribution in [1.82, 2.24) is 14.7 Å². The monoisotopic (exact) mass is 407 g/mol. The molecule has 1 amide bonds. The minimum atomic E-state index is -0.572. The number of piperazine rings is 1. The highest BCUT2D eigenvalue weighted by Gasteiger charge is 2.24. The second-order valence-corrected chi connectivity index (χ2v) is 7.44. The molecule has 0 saturated carbocycles. The van der Waals surface area contributed by atoms with Gasteiger partial charge in [0.25, 0.3) is 0 Å². The van der Waals surface area contributed by atoms with E-state index in [2.05, 4.69) is 9.80 Å². The Morgan fingerprint density at radius 3 is 2.24 bits per heavy atom. The first-order valence-electron chi connectivity index (χ1n) is 10.5. The van der Waals surface area contributed by atoms with Crippen molar-refractivity contribution in [3.63, 3.8) is 0 Å². The summed E-state index contributed by atoms with van der Waals surface area (Å²) >= 11 is 0. The van der Waals surface area contributed by atoms with Gasteiger partial charge in [0.1, 0.15) is 24.2 Å². The van der Waals surface area contributed by atoms with Crippen molar-refractivity contribution in [2.24, 2.45) is 0 Å². The van der Waals surface area contributed by atoms with Gasteiger partial charge in [-0.25, -0.2) is 0 Å². The SMILES string of the molecule is CCOc1ccc(OCC(O)CN2CCN(C(=O)CN3CCOCC3)CC2)cc1. The van der Waals surface area contributed by atoms with E-state index in [1.807, 2.05) is 36.1 Å². The van der Waals surface area contributed by atoms with E-state index in [1.54, 1.807) is 0 Å². The van der Waals surface area contributed by atoms with Gasteiger partial charge in [-0.3, -0.25) is 14.6 Å². The number of nitrogens with zero attached hydrogens (tertiary/aromatic N) is 3. The molecule has 2 aliphatic heterocycles. The average molecular weight is 408 g/mol. The van der Waals surface area contributed by atoms with Crippen LogP contribution in [0.25, 0.3) is 0 Å². The number of amides is 1. The molecule has 0 aromatic heterocycles. The Balaban J connectivity index is 1.32. The zero-order valence-corrected chi connectivity index (χ0v) is 17.3. The highest BCUT2D eigenvalue weighted by molar-refractivity contribution is 5.78. The van der Waals surface area contributed by atoms with E-state index in [4.69, 9.17) is 14.2 Å². The molecule has 0 bridgehead atoms. The number of aliphatic hydroxyl groups excluding tert-OH is 1. The van der Waals surface area contributed by atoms with Crippen molar-refractivity contribution >= 4 is 5.91 Å². The van der Waals surface area contributed by atoms with Crippen LogP contribution in [-0.2, 0) is 9.53 Å². The van der Waals surface area contributed by atoms with Gasteiger partial charge in [0, 0.05) is 45.8 Å². The fourth-order valence-electron chi connectivity index (χ4n) is 3.57. The predicted molar refractivity (Wildman–Crippen MR) is 109 cm³/mol. The highest BCUT2D eigenvalue weighted by atomic mass is 16.5. The molecule has 2 saturated heterocycles. The maximum atomic E-state index is 12.5. The second-order valence-electron chi connectivity index (χ2n) is 7.44. The number of ether oxygens (including phenoxy) is 3. The number of aliphatic hydroxyl groups is 1. The minimum absolute atomic E-state index is 0.186. The van der Waals surface area contributed by atoms with E-state index in [9.17, 15) is 9.90 Å². The van der Waals surface area contributed by atoms with Gasteiger partial charge in [-0.05, 0) is 31.2 Å². The van der Waals surface area contributed by atoms with Crippen LogP contribution in [0.3, 0.4) is 0 Å². The Morgan fingerprint density at radius 2 is 1.62 bits per heavy atom. The number of rotatable bonds is 9. The molecule has 8 nitrogen and oxygen atoms in total. The Hall–Kier alpha value is -1.87. The molecule has 0 radical (unpaired) electrons. The maximum absolute atomic E-state index is 12.5. The molecule has 1 aromatic carbocycles. The van der Waals surface area contributed by atoms with Crippen molar-refractivity contribution in [1.29, 1.82) is 0 Å². The van der Waals surface area contributed by atoms with Crippen molar-refractivity contribution in [2.45, 2.75) is 13.0 Å². The van der Waals surface area contributed by atoms with Crippen molar-refractivity contribution in [3.05, 3.63) is 24.3 Å². The lowest BCUT2D eigenvalue weighted by Gasteiger charge is -2.37. The van der Waals surface area contributed by atoms with Crippen LogP contribution in [0.1, 0.15) is 6.92 Å². The molecular formula is C21H33N3O5. The summed E-state index contributed by atoms with van der Waals surface area (Å²) in [5.74, 6) is 1.71. The highest BCUT2D eigenvalue weighted by Crippen LogP contribution is 2.17. The number of carbonyl (C=O) groups is 1. The summed E-state index contributed by atoms with van der Waals surface area (Å²) in [5.41, 5.74) is 0. The number of morpholine rings is 1. The Bertz CT molecular complexity index is 613. The standard InChI is InChI=1S/C21H33N3O5/c1-2-28-19-3-5-20(6-4-19)29-17-18(25)15-22-7-9-24(10-8-22)21(26)16-23-11-13-27-14-12-23/h3-6,18,25H,2,7-17H2,1H3. The quantitative estimate of drug-likeness (QED) is 0.631. The van der Waals surface area contributed by atoms with Crippen LogP contribution in [0.2, 0.25) is 0 Å². The molecule has 2 aliphatic rings. The van der Waals surface area contributed by atoms with Gasteiger partial charge in [-0.15, -0.1) is 0 Å². The predicted octanol–water partition coefficient (Wildman–Crippen LogP) is 0.301. The summed E-state index contributed by atoms with van der Waals surface area (Å²) in [7, 11) is 0. The summed E-state index contributed by atoms with van der Waals surface area (Å²) in [6.07, 6.45) is -0.572. The van der Waals surface area contributed by atoms with Gasteiger partial charge in [0.15, 0.2) is 0 Å². The molecule has 1 aromatic rings. The lowest BCUT2D eigenvalue weighted by molar-refractivity contribution is -0.135. The normalized spacial score (nSPS) is 19.7. The van der Waals surface area contributed by atoms with E-state index >= 15 is 0 Å². The van der Waals surface area contributed by atoms with Gasteiger partial charge in [0.05, 0.1) is 26.4 Å². The fraction of sp³-hybridized carbons (Fsp3) is 0.667. The molecule has 8 heteroatoms. The molecule has 1 N–H and O–H groups in total. The summed E-state index contributed by atoms with van der Waals surface area (Å²) in [4.78, 5) is 18.7. The first kappa shape index (κ1) is 21.8. The Kier molecular flexibility index (Phi) is 8.54. The number of hydrogen-bond donors (Lipinski definition) is 1. The Labute approximate surface area is 172 Å². The lowest BCUT2D eigenvalue weighted by Crippen LogP contribution is -2.53. The number of β-amino-alcohol motifs (C(OH)–C–C–N with tert-alkyl or cyclic N) is 1. The number of hydrogen-bond acceptors (Lipinski definition) is 7.